The number of methoxy groups -OCH3 is 3. The molecule has 0 aliphatic carbocycles. The van der Waals surface area contributed by atoms with Gasteiger partial charge >= 0.3 is 5.97 Å². The van der Waals surface area contributed by atoms with Gasteiger partial charge in [0, 0.05) is 0 Å². The first-order valence-corrected chi connectivity index (χ1v) is 7.22. The number of rotatable bonds is 6. The first-order chi connectivity index (χ1) is 11.1. The van der Waals surface area contributed by atoms with Crippen molar-refractivity contribution in [1.29, 1.82) is 0 Å². The van der Waals surface area contributed by atoms with E-state index < -0.39 is 6.04 Å². The first kappa shape index (κ1) is 16.7. The molecule has 5 heteroatoms. The van der Waals surface area contributed by atoms with Crippen molar-refractivity contribution < 1.29 is 19.0 Å². The molecule has 2 rings (SSSR count). The summed E-state index contributed by atoms with van der Waals surface area (Å²) in [5, 5.41) is 3.23. The van der Waals surface area contributed by atoms with Gasteiger partial charge in [0.05, 0.1) is 27.0 Å². The van der Waals surface area contributed by atoms with Crippen LogP contribution in [0.2, 0.25) is 0 Å². The van der Waals surface area contributed by atoms with Crippen LogP contribution in [0.5, 0.6) is 11.5 Å². The number of aryl methyl sites for hydroxylation is 1. The van der Waals surface area contributed by atoms with Crippen LogP contribution in [0.1, 0.15) is 17.2 Å². The molecule has 0 heterocycles. The number of hydrogen-bond acceptors (Lipinski definition) is 5. The van der Waals surface area contributed by atoms with Gasteiger partial charge < -0.3 is 19.5 Å². The first-order valence-electron chi connectivity index (χ1n) is 7.22. The van der Waals surface area contributed by atoms with Gasteiger partial charge in [-0.1, -0.05) is 24.3 Å². The van der Waals surface area contributed by atoms with Gasteiger partial charge in [-0.05, 0) is 36.2 Å². The minimum atomic E-state index is -0.638. The van der Waals surface area contributed by atoms with E-state index in [2.05, 4.69) is 5.32 Å². The molecule has 0 saturated carbocycles. The highest BCUT2D eigenvalue weighted by molar-refractivity contribution is 5.82. The van der Waals surface area contributed by atoms with E-state index in [0.717, 1.165) is 22.6 Å². The number of esters is 1. The topological polar surface area (TPSA) is 56.8 Å². The standard InChI is InChI=1S/C18H21NO4/c1-12-6-5-7-15(22-3)16(12)19-17(18(20)23-4)13-8-10-14(21-2)11-9-13/h5-11,17,19H,1-4H3/t17-/m1/s1. The van der Waals surface area contributed by atoms with Crippen LogP contribution in [0.25, 0.3) is 0 Å². The van der Waals surface area contributed by atoms with Crippen molar-refractivity contribution in [1.82, 2.24) is 0 Å². The summed E-state index contributed by atoms with van der Waals surface area (Å²) in [5.74, 6) is 1.03. The van der Waals surface area contributed by atoms with Crippen molar-refractivity contribution >= 4 is 11.7 Å². The Bertz CT molecular complexity index is 667. The van der Waals surface area contributed by atoms with Crippen LogP contribution in [-0.2, 0) is 9.53 Å². The molecular weight excluding hydrogens is 294 g/mol. The molecule has 23 heavy (non-hydrogen) atoms. The van der Waals surface area contributed by atoms with Crippen molar-refractivity contribution in [3.63, 3.8) is 0 Å². The number of para-hydroxylation sites is 1. The normalized spacial score (nSPS) is 11.5. The van der Waals surface area contributed by atoms with Crippen LogP contribution in [-0.4, -0.2) is 27.3 Å². The Kier molecular flexibility index (Phi) is 5.46. The summed E-state index contributed by atoms with van der Waals surface area (Å²) in [6.07, 6.45) is 0. The fourth-order valence-corrected chi connectivity index (χ4v) is 2.33. The number of carbonyl (C=O) groups excluding carboxylic acids is 1. The number of ether oxygens (including phenoxy) is 3. The second kappa shape index (κ2) is 7.54. The smallest absolute Gasteiger partial charge is 0.332 e. The SMILES string of the molecule is COC(=O)[C@H](Nc1c(C)cccc1OC)c1ccc(OC)cc1. The Morgan fingerprint density at radius 3 is 2.26 bits per heavy atom. The average Bonchev–Trinajstić information content (AvgIpc) is 2.60. The second-order valence-corrected chi connectivity index (χ2v) is 5.03. The lowest BCUT2D eigenvalue weighted by Crippen LogP contribution is -2.23. The highest BCUT2D eigenvalue weighted by atomic mass is 16.5. The third kappa shape index (κ3) is 3.74. The predicted octanol–water partition coefficient (Wildman–Crippen LogP) is 3.34. The fourth-order valence-electron chi connectivity index (χ4n) is 2.33. The molecule has 2 aromatic rings. The molecule has 0 radical (unpaired) electrons. The summed E-state index contributed by atoms with van der Waals surface area (Å²) in [4.78, 5) is 12.2. The van der Waals surface area contributed by atoms with Gasteiger partial charge in [0.2, 0.25) is 0 Å². The molecule has 0 spiro atoms. The highest BCUT2D eigenvalue weighted by Crippen LogP contribution is 2.32. The Morgan fingerprint density at radius 1 is 1.00 bits per heavy atom. The molecule has 0 aliphatic rings. The monoisotopic (exact) mass is 315 g/mol. The number of benzene rings is 2. The largest absolute Gasteiger partial charge is 0.497 e. The van der Waals surface area contributed by atoms with Crippen molar-refractivity contribution in [2.75, 3.05) is 26.6 Å². The molecule has 0 unspecified atom stereocenters. The molecule has 1 atom stereocenters. The van der Waals surface area contributed by atoms with Crippen molar-refractivity contribution in [3.05, 3.63) is 53.6 Å². The van der Waals surface area contributed by atoms with Crippen LogP contribution >= 0.6 is 0 Å². The van der Waals surface area contributed by atoms with E-state index in [1.54, 1.807) is 14.2 Å². The van der Waals surface area contributed by atoms with Gasteiger partial charge in [0.25, 0.3) is 0 Å². The van der Waals surface area contributed by atoms with Crippen molar-refractivity contribution in [2.45, 2.75) is 13.0 Å². The van der Waals surface area contributed by atoms with Crippen LogP contribution in [0.4, 0.5) is 5.69 Å². The molecule has 2 aromatic carbocycles. The van der Waals surface area contributed by atoms with Crippen molar-refractivity contribution in [2.24, 2.45) is 0 Å². The Morgan fingerprint density at radius 2 is 1.70 bits per heavy atom. The Labute approximate surface area is 136 Å². The summed E-state index contributed by atoms with van der Waals surface area (Å²) < 4.78 is 15.5. The van der Waals surface area contributed by atoms with Gasteiger partial charge in [0.15, 0.2) is 6.04 Å². The molecule has 0 bridgehead atoms. The quantitative estimate of drug-likeness (QED) is 0.829. The zero-order valence-corrected chi connectivity index (χ0v) is 13.8. The number of anilines is 1. The molecular formula is C18H21NO4. The van der Waals surface area contributed by atoms with Crippen LogP contribution in [0, 0.1) is 6.92 Å². The summed E-state index contributed by atoms with van der Waals surface area (Å²) in [6, 6.07) is 12.3. The average molecular weight is 315 g/mol. The van der Waals surface area contributed by atoms with E-state index in [1.807, 2.05) is 49.4 Å². The Balaban J connectivity index is 2.38. The summed E-state index contributed by atoms with van der Waals surface area (Å²) in [6.45, 7) is 1.95. The van der Waals surface area contributed by atoms with Gasteiger partial charge in [-0.3, -0.25) is 0 Å². The van der Waals surface area contributed by atoms with E-state index >= 15 is 0 Å². The third-order valence-corrected chi connectivity index (χ3v) is 3.63. The molecule has 122 valence electrons. The molecule has 0 amide bonds. The number of hydrogen-bond donors (Lipinski definition) is 1. The predicted molar refractivity (Wildman–Crippen MR) is 89.1 cm³/mol. The minimum Gasteiger partial charge on any atom is -0.497 e. The highest BCUT2D eigenvalue weighted by Gasteiger charge is 2.23. The lowest BCUT2D eigenvalue weighted by Gasteiger charge is -2.21. The lowest BCUT2D eigenvalue weighted by molar-refractivity contribution is -0.141. The van der Waals surface area contributed by atoms with E-state index in [1.165, 1.54) is 7.11 Å². The number of carbonyl (C=O) groups is 1. The molecule has 0 aromatic heterocycles. The van der Waals surface area contributed by atoms with Crippen LogP contribution in [0.3, 0.4) is 0 Å². The summed E-state index contributed by atoms with van der Waals surface area (Å²) >= 11 is 0. The van der Waals surface area contributed by atoms with E-state index in [9.17, 15) is 4.79 Å². The van der Waals surface area contributed by atoms with Gasteiger partial charge in [-0.2, -0.15) is 0 Å². The van der Waals surface area contributed by atoms with Crippen LogP contribution in [0.15, 0.2) is 42.5 Å². The lowest BCUT2D eigenvalue weighted by atomic mass is 10.1. The third-order valence-electron chi connectivity index (χ3n) is 3.63. The number of nitrogens with one attached hydrogen (secondary N) is 1. The molecule has 0 aliphatic heterocycles. The maximum absolute atomic E-state index is 12.2. The minimum absolute atomic E-state index is 0.375. The molecule has 0 saturated heterocycles. The molecule has 0 fully saturated rings. The van der Waals surface area contributed by atoms with Gasteiger partial charge in [-0.15, -0.1) is 0 Å². The van der Waals surface area contributed by atoms with E-state index in [-0.39, 0.29) is 5.97 Å². The Hall–Kier alpha value is -2.69. The van der Waals surface area contributed by atoms with Crippen LogP contribution < -0.4 is 14.8 Å². The summed E-state index contributed by atoms with van der Waals surface area (Å²) in [7, 11) is 4.57. The zero-order valence-electron chi connectivity index (χ0n) is 13.8. The van der Waals surface area contributed by atoms with E-state index in [4.69, 9.17) is 14.2 Å². The maximum Gasteiger partial charge on any atom is 0.332 e. The zero-order chi connectivity index (χ0) is 16.8. The maximum atomic E-state index is 12.2. The molecule has 1 N–H and O–H groups in total. The van der Waals surface area contributed by atoms with Gasteiger partial charge in [0.1, 0.15) is 11.5 Å². The molecule has 5 nitrogen and oxygen atoms in total. The summed E-state index contributed by atoms with van der Waals surface area (Å²) in [5.41, 5.74) is 2.52. The second-order valence-electron chi connectivity index (χ2n) is 5.03. The fraction of sp³-hybridized carbons (Fsp3) is 0.278. The van der Waals surface area contributed by atoms with E-state index in [0.29, 0.717) is 5.75 Å². The van der Waals surface area contributed by atoms with Gasteiger partial charge in [-0.25, -0.2) is 4.79 Å². The van der Waals surface area contributed by atoms with Crippen molar-refractivity contribution in [3.8, 4) is 11.5 Å².